The second kappa shape index (κ2) is 12.4. The molecule has 0 aliphatic carbocycles. The number of carbonyl (C=O) groups is 1. The van der Waals surface area contributed by atoms with Gasteiger partial charge in [-0.15, -0.1) is 0 Å². The fraction of sp³-hybridized carbons (Fsp3) is 0.0714. The Kier molecular flexibility index (Phi) is 8.84. The molecule has 0 aliphatic heterocycles. The Bertz CT molecular complexity index is 1460. The summed E-state index contributed by atoms with van der Waals surface area (Å²) in [5.74, 6) is 0.760. The van der Waals surface area contributed by atoms with Crippen LogP contribution in [0.25, 0.3) is 0 Å². The minimum Gasteiger partial charge on any atom is -0.457 e. The molecule has 4 aromatic rings. The number of carbonyl (C=O) groups excluding carboxylic acids is 1. The Labute approximate surface area is 224 Å². The van der Waals surface area contributed by atoms with Crippen molar-refractivity contribution in [2.24, 2.45) is 5.10 Å². The lowest BCUT2D eigenvalue weighted by atomic mass is 10.2. The number of ether oxygens (including phenoxy) is 1. The number of hydrogen-bond donors (Lipinski definition) is 1. The summed E-state index contributed by atoms with van der Waals surface area (Å²) in [5, 5.41) is 4.01. The van der Waals surface area contributed by atoms with Crippen molar-refractivity contribution in [3.63, 3.8) is 0 Å². The van der Waals surface area contributed by atoms with Crippen molar-refractivity contribution >= 4 is 38.1 Å². The Morgan fingerprint density at radius 2 is 1.51 bits per heavy atom. The molecule has 7 nitrogen and oxygen atoms in total. The van der Waals surface area contributed by atoms with Gasteiger partial charge in [-0.25, -0.2) is 13.8 Å². The molecule has 0 aliphatic rings. The van der Waals surface area contributed by atoms with Crippen LogP contribution in [0.3, 0.4) is 0 Å². The highest BCUT2D eigenvalue weighted by Crippen LogP contribution is 2.22. The molecule has 0 spiro atoms. The average molecular weight is 578 g/mol. The van der Waals surface area contributed by atoms with Crippen LogP contribution in [-0.4, -0.2) is 31.4 Å². The largest absolute Gasteiger partial charge is 0.457 e. The van der Waals surface area contributed by atoms with E-state index in [1.807, 2.05) is 60.7 Å². The molecule has 1 N–H and O–H groups in total. The van der Waals surface area contributed by atoms with Crippen LogP contribution < -0.4 is 10.2 Å². The zero-order chi connectivity index (χ0) is 26.1. The second-order valence-corrected chi connectivity index (χ2v) is 10.8. The molecule has 0 radical (unpaired) electrons. The number of hydrogen-bond acceptors (Lipinski definition) is 5. The van der Waals surface area contributed by atoms with Crippen molar-refractivity contribution < 1.29 is 17.9 Å². The molecule has 4 rings (SSSR count). The fourth-order valence-electron chi connectivity index (χ4n) is 3.42. The Balaban J connectivity index is 1.44. The zero-order valence-electron chi connectivity index (χ0n) is 19.7. The van der Waals surface area contributed by atoms with E-state index in [4.69, 9.17) is 4.74 Å². The molecule has 0 atom stereocenters. The second-order valence-electron chi connectivity index (χ2n) is 7.99. The number of nitrogens with zero attached hydrogens (tertiary/aromatic N) is 2. The topological polar surface area (TPSA) is 88.1 Å². The SMILES string of the molecule is O=C(CN(Cc1ccc(Br)cc1)S(=O)(=O)c1ccccc1)N/N=C\c1cccc(Oc2ccccc2)c1. The molecule has 0 bridgehead atoms. The molecule has 188 valence electrons. The van der Waals surface area contributed by atoms with E-state index >= 15 is 0 Å². The lowest BCUT2D eigenvalue weighted by Gasteiger charge is -2.21. The summed E-state index contributed by atoms with van der Waals surface area (Å²) in [5.41, 5.74) is 3.88. The maximum atomic E-state index is 13.3. The average Bonchev–Trinajstić information content (AvgIpc) is 2.91. The van der Waals surface area contributed by atoms with Gasteiger partial charge in [0.1, 0.15) is 11.5 Å². The first-order valence-corrected chi connectivity index (χ1v) is 13.6. The quantitative estimate of drug-likeness (QED) is 0.197. The van der Waals surface area contributed by atoms with Gasteiger partial charge in [-0.3, -0.25) is 4.79 Å². The van der Waals surface area contributed by atoms with Gasteiger partial charge < -0.3 is 4.74 Å². The molecule has 4 aromatic carbocycles. The summed E-state index contributed by atoms with van der Waals surface area (Å²) in [7, 11) is -3.92. The highest BCUT2D eigenvalue weighted by Gasteiger charge is 2.26. The van der Waals surface area contributed by atoms with Gasteiger partial charge in [-0.05, 0) is 59.7 Å². The predicted molar refractivity (Wildman–Crippen MR) is 147 cm³/mol. The van der Waals surface area contributed by atoms with Crippen LogP contribution in [0.4, 0.5) is 0 Å². The van der Waals surface area contributed by atoms with Crippen LogP contribution in [0, 0.1) is 0 Å². The zero-order valence-corrected chi connectivity index (χ0v) is 22.1. The van der Waals surface area contributed by atoms with Crippen LogP contribution in [0.5, 0.6) is 11.5 Å². The van der Waals surface area contributed by atoms with Gasteiger partial charge in [0.15, 0.2) is 0 Å². The van der Waals surface area contributed by atoms with Crippen molar-refractivity contribution in [3.05, 3.63) is 125 Å². The molecule has 0 heterocycles. The van der Waals surface area contributed by atoms with Crippen molar-refractivity contribution in [2.45, 2.75) is 11.4 Å². The van der Waals surface area contributed by atoms with E-state index in [1.54, 1.807) is 36.4 Å². The third-order valence-corrected chi connectivity index (χ3v) is 7.55. The number of nitrogens with one attached hydrogen (secondary N) is 1. The summed E-state index contributed by atoms with van der Waals surface area (Å²) < 4.78 is 34.4. The molecular formula is C28H24BrN3O4S. The highest BCUT2D eigenvalue weighted by molar-refractivity contribution is 9.10. The van der Waals surface area contributed by atoms with Crippen molar-refractivity contribution in [1.82, 2.24) is 9.73 Å². The fourth-order valence-corrected chi connectivity index (χ4v) is 5.09. The maximum absolute atomic E-state index is 13.3. The first-order valence-electron chi connectivity index (χ1n) is 11.3. The van der Waals surface area contributed by atoms with Gasteiger partial charge in [0.25, 0.3) is 5.91 Å². The van der Waals surface area contributed by atoms with Crippen LogP contribution in [0.15, 0.2) is 124 Å². The van der Waals surface area contributed by atoms with Crippen LogP contribution in [0.1, 0.15) is 11.1 Å². The molecule has 0 saturated carbocycles. The number of amides is 1. The van der Waals surface area contributed by atoms with Gasteiger partial charge in [0.05, 0.1) is 17.7 Å². The molecule has 37 heavy (non-hydrogen) atoms. The first kappa shape index (κ1) is 26.3. The van der Waals surface area contributed by atoms with E-state index in [2.05, 4.69) is 26.5 Å². The van der Waals surface area contributed by atoms with E-state index in [9.17, 15) is 13.2 Å². The minimum atomic E-state index is -3.92. The number of rotatable bonds is 10. The molecule has 0 fully saturated rings. The lowest BCUT2D eigenvalue weighted by molar-refractivity contribution is -0.121. The number of benzene rings is 4. The van der Waals surface area contributed by atoms with Crippen molar-refractivity contribution in [3.8, 4) is 11.5 Å². The summed E-state index contributed by atoms with van der Waals surface area (Å²) in [6.45, 7) is -0.373. The summed E-state index contributed by atoms with van der Waals surface area (Å²) >= 11 is 3.38. The van der Waals surface area contributed by atoms with Gasteiger partial charge in [-0.2, -0.15) is 9.41 Å². The normalized spacial score (nSPS) is 11.5. The number of para-hydroxylation sites is 1. The van der Waals surface area contributed by atoms with E-state index in [1.165, 1.54) is 18.3 Å². The van der Waals surface area contributed by atoms with Crippen molar-refractivity contribution in [1.29, 1.82) is 0 Å². The minimum absolute atomic E-state index is 0.0283. The molecule has 0 saturated heterocycles. The summed E-state index contributed by atoms with van der Waals surface area (Å²) in [6.07, 6.45) is 1.47. The van der Waals surface area contributed by atoms with Gasteiger partial charge in [-0.1, -0.05) is 76.6 Å². The van der Waals surface area contributed by atoms with E-state index in [-0.39, 0.29) is 11.4 Å². The molecule has 9 heteroatoms. The van der Waals surface area contributed by atoms with Crippen LogP contribution in [0.2, 0.25) is 0 Å². The van der Waals surface area contributed by atoms with Crippen LogP contribution in [-0.2, 0) is 21.4 Å². The van der Waals surface area contributed by atoms with E-state index in [0.29, 0.717) is 17.1 Å². The number of halogens is 1. The summed E-state index contributed by atoms with van der Waals surface area (Å²) in [6, 6.07) is 31.9. The van der Waals surface area contributed by atoms with Gasteiger partial charge in [0, 0.05) is 11.0 Å². The Hall–Kier alpha value is -3.79. The standard InChI is InChI=1S/C28H24BrN3O4S/c29-24-16-14-22(15-17-24)20-32(37(34,35)27-12-5-2-6-13-27)21-28(33)31-30-19-23-8-7-11-26(18-23)36-25-9-3-1-4-10-25/h1-19H,20-21H2,(H,31,33)/b30-19-. The monoisotopic (exact) mass is 577 g/mol. The third kappa shape index (κ3) is 7.60. The first-order chi connectivity index (χ1) is 17.9. The molecule has 0 unspecified atom stereocenters. The summed E-state index contributed by atoms with van der Waals surface area (Å²) in [4.78, 5) is 12.8. The van der Waals surface area contributed by atoms with Gasteiger partial charge >= 0.3 is 0 Å². The van der Waals surface area contributed by atoms with E-state index < -0.39 is 22.5 Å². The lowest BCUT2D eigenvalue weighted by Crippen LogP contribution is -2.39. The third-order valence-electron chi connectivity index (χ3n) is 5.21. The Morgan fingerprint density at radius 3 is 2.22 bits per heavy atom. The number of hydrazone groups is 1. The van der Waals surface area contributed by atoms with Crippen molar-refractivity contribution in [2.75, 3.05) is 6.54 Å². The highest BCUT2D eigenvalue weighted by atomic mass is 79.9. The molecule has 1 amide bonds. The van der Waals surface area contributed by atoms with Crippen LogP contribution >= 0.6 is 15.9 Å². The predicted octanol–water partition coefficient (Wildman–Crippen LogP) is 5.58. The molecule has 0 aromatic heterocycles. The maximum Gasteiger partial charge on any atom is 0.255 e. The smallest absolute Gasteiger partial charge is 0.255 e. The molecular weight excluding hydrogens is 554 g/mol. The van der Waals surface area contributed by atoms with E-state index in [0.717, 1.165) is 14.3 Å². The Morgan fingerprint density at radius 1 is 0.865 bits per heavy atom. The number of sulfonamides is 1. The van der Waals surface area contributed by atoms with Gasteiger partial charge in [0.2, 0.25) is 10.0 Å².